The molecule has 0 unspecified atom stereocenters. The number of methoxy groups -OCH3 is 2. The van der Waals surface area contributed by atoms with Gasteiger partial charge in [-0.25, -0.2) is 8.78 Å². The van der Waals surface area contributed by atoms with Gasteiger partial charge in [0.2, 0.25) is 0 Å². The quantitative estimate of drug-likeness (QED) is 0.116. The fraction of sp³-hybridized carbons (Fsp3) is 0.341. The van der Waals surface area contributed by atoms with Crippen LogP contribution < -0.4 is 20.1 Å². The Labute approximate surface area is 290 Å². The molecule has 49 heavy (non-hydrogen) atoms. The monoisotopic (exact) mass is 668 g/mol. The summed E-state index contributed by atoms with van der Waals surface area (Å²) < 4.78 is 37.9. The van der Waals surface area contributed by atoms with Crippen molar-refractivity contribution in [2.75, 3.05) is 45.3 Å². The molecule has 260 valence electrons. The lowest BCUT2D eigenvalue weighted by Crippen LogP contribution is -2.45. The molecule has 4 rings (SSSR count). The number of anilines is 1. The third-order valence-electron chi connectivity index (χ3n) is 8.85. The number of piperidine rings is 1. The van der Waals surface area contributed by atoms with Crippen molar-refractivity contribution in [3.63, 3.8) is 0 Å². The summed E-state index contributed by atoms with van der Waals surface area (Å²) in [4.78, 5) is 9.29. The molecule has 8 heteroatoms. The SMILES string of the molecule is C=Cc1cc(C/C=C(\C=C/N)CN2CCC(N(C/C=C/C=NCc3ccc(F)c(F)c3)c3ccc(OC)cc3)CC2)cc(OC)c1CCC. The fourth-order valence-electron chi connectivity index (χ4n) is 6.26. The van der Waals surface area contributed by atoms with Gasteiger partial charge in [-0.05, 0) is 109 Å². The van der Waals surface area contributed by atoms with Gasteiger partial charge in [0.05, 0.1) is 20.8 Å². The first-order valence-corrected chi connectivity index (χ1v) is 17.0. The van der Waals surface area contributed by atoms with E-state index in [2.05, 4.69) is 64.7 Å². The van der Waals surface area contributed by atoms with Gasteiger partial charge in [-0.2, -0.15) is 0 Å². The van der Waals surface area contributed by atoms with E-state index in [0.29, 0.717) is 18.2 Å². The van der Waals surface area contributed by atoms with E-state index in [0.717, 1.165) is 80.6 Å². The molecule has 0 atom stereocenters. The van der Waals surface area contributed by atoms with Crippen molar-refractivity contribution in [3.05, 3.63) is 131 Å². The number of aliphatic imine (C=N–C) groups is 1. The highest BCUT2D eigenvalue weighted by Gasteiger charge is 2.25. The van der Waals surface area contributed by atoms with Crippen LogP contribution in [-0.4, -0.2) is 57.6 Å². The van der Waals surface area contributed by atoms with Gasteiger partial charge in [0, 0.05) is 49.7 Å². The molecule has 3 aromatic rings. The second kappa shape index (κ2) is 19.3. The molecule has 6 nitrogen and oxygen atoms in total. The largest absolute Gasteiger partial charge is 0.497 e. The van der Waals surface area contributed by atoms with Crippen LogP contribution in [0.3, 0.4) is 0 Å². The predicted molar refractivity (Wildman–Crippen MR) is 200 cm³/mol. The summed E-state index contributed by atoms with van der Waals surface area (Å²) in [6.45, 7) is 9.97. The van der Waals surface area contributed by atoms with Crippen molar-refractivity contribution in [3.8, 4) is 11.5 Å². The van der Waals surface area contributed by atoms with E-state index >= 15 is 0 Å². The minimum Gasteiger partial charge on any atom is -0.497 e. The number of hydrogen-bond donors (Lipinski definition) is 1. The van der Waals surface area contributed by atoms with E-state index in [9.17, 15) is 8.78 Å². The lowest BCUT2D eigenvalue weighted by atomic mass is 9.97. The highest BCUT2D eigenvalue weighted by atomic mass is 19.2. The van der Waals surface area contributed by atoms with Gasteiger partial charge < -0.3 is 20.1 Å². The lowest BCUT2D eigenvalue weighted by molar-refractivity contribution is 0.226. The molecule has 1 aliphatic heterocycles. The van der Waals surface area contributed by atoms with Crippen LogP contribution in [0.15, 0.2) is 102 Å². The van der Waals surface area contributed by atoms with Gasteiger partial charge in [0.15, 0.2) is 11.6 Å². The first-order valence-electron chi connectivity index (χ1n) is 17.0. The number of halogens is 2. The first-order chi connectivity index (χ1) is 23.9. The average molecular weight is 669 g/mol. The van der Waals surface area contributed by atoms with Crippen molar-refractivity contribution < 1.29 is 18.3 Å². The third kappa shape index (κ3) is 10.9. The van der Waals surface area contributed by atoms with Crippen LogP contribution in [0.5, 0.6) is 11.5 Å². The summed E-state index contributed by atoms with van der Waals surface area (Å²) in [6.07, 6.45) is 18.3. The van der Waals surface area contributed by atoms with Crippen LogP contribution in [-0.2, 0) is 19.4 Å². The van der Waals surface area contributed by atoms with Crippen molar-refractivity contribution in [2.45, 2.75) is 51.6 Å². The second-order valence-electron chi connectivity index (χ2n) is 12.2. The molecule has 1 saturated heterocycles. The highest BCUT2D eigenvalue weighted by Crippen LogP contribution is 2.29. The molecule has 0 aromatic heterocycles. The van der Waals surface area contributed by atoms with Crippen molar-refractivity contribution in [1.29, 1.82) is 0 Å². The van der Waals surface area contributed by atoms with Crippen molar-refractivity contribution in [1.82, 2.24) is 4.90 Å². The van der Waals surface area contributed by atoms with E-state index in [-0.39, 0.29) is 6.54 Å². The van der Waals surface area contributed by atoms with Crippen LogP contribution in [0.4, 0.5) is 14.5 Å². The van der Waals surface area contributed by atoms with Crippen LogP contribution >= 0.6 is 0 Å². The predicted octanol–water partition coefficient (Wildman–Crippen LogP) is 8.32. The zero-order chi connectivity index (χ0) is 35.0. The number of hydrogen-bond acceptors (Lipinski definition) is 6. The van der Waals surface area contributed by atoms with Gasteiger partial charge in [-0.15, -0.1) is 0 Å². The number of ether oxygens (including phenoxy) is 2. The van der Waals surface area contributed by atoms with E-state index < -0.39 is 11.6 Å². The topological polar surface area (TPSA) is 63.3 Å². The van der Waals surface area contributed by atoms with E-state index in [1.807, 2.05) is 30.4 Å². The lowest BCUT2D eigenvalue weighted by Gasteiger charge is -2.39. The Hall–Kier alpha value is -4.69. The van der Waals surface area contributed by atoms with Crippen LogP contribution in [0, 0.1) is 11.6 Å². The third-order valence-corrected chi connectivity index (χ3v) is 8.85. The maximum Gasteiger partial charge on any atom is 0.159 e. The number of benzene rings is 3. The summed E-state index contributed by atoms with van der Waals surface area (Å²) in [5.41, 5.74) is 12.4. The smallest absolute Gasteiger partial charge is 0.159 e. The van der Waals surface area contributed by atoms with Crippen LogP contribution in [0.2, 0.25) is 0 Å². The van der Waals surface area contributed by atoms with E-state index in [1.54, 1.807) is 32.7 Å². The normalized spacial score (nSPS) is 14.7. The standard InChI is InChI=1S/C41H50F2N4O2/c1-5-9-38-34(6-2)26-32(28-41(38)49-4)11-10-31(18-21-44)30-46-24-19-36(20-25-46)47(35-13-15-37(48-3)16-14-35)23-8-7-22-45-29-33-12-17-39(42)40(43)27-33/h6-8,10,12-18,21-22,26-28,36H,2,5,9,11,19-20,23-25,29-30,44H2,1,3-4H3/b8-7+,21-18-,31-10+,45-22?. The molecule has 1 heterocycles. The maximum atomic E-state index is 13.5. The zero-order valence-electron chi connectivity index (χ0n) is 29.1. The summed E-state index contributed by atoms with van der Waals surface area (Å²) >= 11 is 0. The fourth-order valence-corrected chi connectivity index (χ4v) is 6.26. The Kier molecular flexibility index (Phi) is 14.7. The average Bonchev–Trinajstić information content (AvgIpc) is 3.12. The Morgan fingerprint density at radius 3 is 2.45 bits per heavy atom. The zero-order valence-corrected chi connectivity index (χ0v) is 29.1. The molecule has 0 spiro atoms. The summed E-state index contributed by atoms with van der Waals surface area (Å²) in [5.74, 6) is 0.0330. The highest BCUT2D eigenvalue weighted by molar-refractivity contribution is 5.71. The van der Waals surface area contributed by atoms with Crippen molar-refractivity contribution in [2.24, 2.45) is 10.7 Å². The van der Waals surface area contributed by atoms with Gasteiger partial charge in [0.25, 0.3) is 0 Å². The molecule has 0 amide bonds. The van der Waals surface area contributed by atoms with Gasteiger partial charge in [0.1, 0.15) is 11.5 Å². The van der Waals surface area contributed by atoms with Gasteiger partial charge in [-0.1, -0.05) is 50.3 Å². The van der Waals surface area contributed by atoms with Gasteiger partial charge in [-0.3, -0.25) is 9.89 Å². The molecule has 1 fully saturated rings. The molecule has 0 radical (unpaired) electrons. The number of likely N-dealkylation sites (tertiary alicyclic amines) is 1. The number of rotatable bonds is 17. The molecular formula is C41H50F2N4O2. The first kappa shape index (κ1) is 37.1. The van der Waals surface area contributed by atoms with E-state index in [4.69, 9.17) is 15.2 Å². The number of allylic oxidation sites excluding steroid dienone is 2. The maximum absolute atomic E-state index is 13.5. The molecule has 3 aromatic carbocycles. The summed E-state index contributed by atoms with van der Waals surface area (Å²) in [6, 6.07) is 16.8. The Bertz CT molecular complexity index is 1620. The van der Waals surface area contributed by atoms with Crippen molar-refractivity contribution >= 4 is 18.0 Å². The van der Waals surface area contributed by atoms with Crippen LogP contribution in [0.25, 0.3) is 6.08 Å². The number of nitrogens with two attached hydrogens (primary N) is 1. The molecule has 0 aliphatic carbocycles. The molecule has 2 N–H and O–H groups in total. The molecular weight excluding hydrogens is 618 g/mol. The minimum atomic E-state index is -0.857. The molecule has 0 bridgehead atoms. The summed E-state index contributed by atoms with van der Waals surface area (Å²) in [5, 5.41) is 0. The molecule has 0 saturated carbocycles. The second-order valence-corrected chi connectivity index (χ2v) is 12.2. The Morgan fingerprint density at radius 1 is 1.02 bits per heavy atom. The number of nitrogens with zero attached hydrogens (tertiary/aromatic N) is 3. The Balaban J connectivity index is 1.39. The molecule has 1 aliphatic rings. The van der Waals surface area contributed by atoms with Gasteiger partial charge >= 0.3 is 0 Å². The van der Waals surface area contributed by atoms with Crippen LogP contribution in [0.1, 0.15) is 48.4 Å². The Morgan fingerprint density at radius 2 is 1.80 bits per heavy atom. The van der Waals surface area contributed by atoms with E-state index in [1.165, 1.54) is 22.8 Å². The minimum absolute atomic E-state index is 0.285. The summed E-state index contributed by atoms with van der Waals surface area (Å²) in [7, 11) is 3.40.